The first kappa shape index (κ1) is 12.0. The van der Waals surface area contributed by atoms with Gasteiger partial charge in [0.25, 0.3) is 0 Å². The summed E-state index contributed by atoms with van der Waals surface area (Å²) in [6, 6.07) is 11.9. The number of nitrogens with one attached hydrogen (secondary N) is 1. The lowest BCUT2D eigenvalue weighted by atomic mass is 9.75. The zero-order valence-corrected chi connectivity index (χ0v) is 11.1. The molecule has 2 aromatic rings. The number of nitrogens with zero attached hydrogens (tertiary/aromatic N) is 2. The number of benzene rings is 1. The number of pyridine rings is 1. The predicted octanol–water partition coefficient (Wildman–Crippen LogP) is 3.85. The lowest BCUT2D eigenvalue weighted by Crippen LogP contribution is -2.44. The van der Waals surface area contributed by atoms with Crippen LogP contribution < -0.4 is 5.32 Å². The van der Waals surface area contributed by atoms with Gasteiger partial charge in [-0.1, -0.05) is 25.1 Å². The Labute approximate surface area is 113 Å². The van der Waals surface area contributed by atoms with Crippen LogP contribution in [0.5, 0.6) is 0 Å². The summed E-state index contributed by atoms with van der Waals surface area (Å²) in [5.74, 6) is 0.830. The molecule has 0 radical (unpaired) electrons. The van der Waals surface area contributed by atoms with Gasteiger partial charge in [0.05, 0.1) is 17.1 Å². The topological polar surface area (TPSA) is 48.7 Å². The molecule has 0 saturated heterocycles. The molecule has 0 unspecified atom stereocenters. The number of hydrogen-bond acceptors (Lipinski definition) is 3. The smallest absolute Gasteiger partial charge is 0.128 e. The van der Waals surface area contributed by atoms with Crippen LogP contribution in [-0.4, -0.2) is 10.5 Å². The van der Waals surface area contributed by atoms with Crippen LogP contribution in [0.3, 0.4) is 0 Å². The number of fused-ring (bicyclic) bond motifs is 1. The third-order valence-corrected chi connectivity index (χ3v) is 4.22. The Balaban J connectivity index is 2.03. The fourth-order valence-corrected chi connectivity index (χ4v) is 2.77. The molecule has 3 nitrogen and oxygen atoms in total. The molecule has 19 heavy (non-hydrogen) atoms. The molecule has 1 aliphatic rings. The van der Waals surface area contributed by atoms with Crippen molar-refractivity contribution in [3.05, 3.63) is 35.9 Å². The SMILES string of the molecule is CCC1(Nc2cc(C#N)c3ccccc3n2)CCC1. The average molecular weight is 251 g/mol. The fourth-order valence-electron chi connectivity index (χ4n) is 2.77. The average Bonchev–Trinajstić information content (AvgIpc) is 2.42. The van der Waals surface area contributed by atoms with Crippen molar-refractivity contribution in [2.24, 2.45) is 0 Å². The molecule has 1 aliphatic carbocycles. The quantitative estimate of drug-likeness (QED) is 0.901. The van der Waals surface area contributed by atoms with E-state index in [0.29, 0.717) is 5.56 Å². The molecule has 0 spiro atoms. The van der Waals surface area contributed by atoms with Crippen molar-refractivity contribution < 1.29 is 0 Å². The second-order valence-electron chi connectivity index (χ2n) is 5.30. The van der Waals surface area contributed by atoms with Gasteiger partial charge in [0.1, 0.15) is 5.82 Å². The van der Waals surface area contributed by atoms with Gasteiger partial charge in [-0.05, 0) is 37.8 Å². The fraction of sp³-hybridized carbons (Fsp3) is 0.375. The maximum Gasteiger partial charge on any atom is 0.128 e. The molecule has 1 heterocycles. The van der Waals surface area contributed by atoms with Crippen molar-refractivity contribution in [3.8, 4) is 6.07 Å². The normalized spacial score (nSPS) is 16.6. The number of para-hydroxylation sites is 1. The van der Waals surface area contributed by atoms with Gasteiger partial charge >= 0.3 is 0 Å². The lowest BCUT2D eigenvalue weighted by molar-refractivity contribution is 0.269. The molecule has 1 aromatic carbocycles. The van der Waals surface area contributed by atoms with E-state index in [4.69, 9.17) is 0 Å². The summed E-state index contributed by atoms with van der Waals surface area (Å²) in [7, 11) is 0. The minimum atomic E-state index is 0.197. The van der Waals surface area contributed by atoms with Crippen molar-refractivity contribution >= 4 is 16.7 Å². The minimum absolute atomic E-state index is 0.197. The van der Waals surface area contributed by atoms with E-state index in [-0.39, 0.29) is 5.54 Å². The molecule has 3 heteroatoms. The molecule has 0 aliphatic heterocycles. The number of aromatic nitrogens is 1. The number of nitriles is 1. The van der Waals surface area contributed by atoms with Gasteiger partial charge in [0, 0.05) is 10.9 Å². The molecule has 1 aromatic heterocycles. The number of anilines is 1. The third kappa shape index (κ3) is 2.04. The third-order valence-electron chi connectivity index (χ3n) is 4.22. The van der Waals surface area contributed by atoms with Crippen molar-refractivity contribution in [2.45, 2.75) is 38.1 Å². The Bertz CT molecular complexity index is 645. The number of hydrogen-bond donors (Lipinski definition) is 1. The Hall–Kier alpha value is -2.08. The van der Waals surface area contributed by atoms with E-state index < -0.39 is 0 Å². The first-order valence-electron chi connectivity index (χ1n) is 6.84. The summed E-state index contributed by atoms with van der Waals surface area (Å²) in [6.45, 7) is 2.21. The Kier molecular flexibility index (Phi) is 2.87. The number of rotatable bonds is 3. The molecule has 1 saturated carbocycles. The second-order valence-corrected chi connectivity index (χ2v) is 5.30. The standard InChI is InChI=1S/C16H17N3/c1-2-16(8-5-9-16)19-15-10-12(11-17)13-6-3-4-7-14(13)18-15/h3-4,6-7,10H,2,5,8-9H2,1H3,(H,18,19). The highest BCUT2D eigenvalue weighted by molar-refractivity contribution is 5.86. The van der Waals surface area contributed by atoms with Crippen LogP contribution in [0.1, 0.15) is 38.2 Å². The summed E-state index contributed by atoms with van der Waals surface area (Å²) in [5.41, 5.74) is 1.77. The predicted molar refractivity (Wildman–Crippen MR) is 77.0 cm³/mol. The first-order chi connectivity index (χ1) is 9.26. The minimum Gasteiger partial charge on any atom is -0.365 e. The largest absolute Gasteiger partial charge is 0.365 e. The van der Waals surface area contributed by atoms with Crippen LogP contribution in [0, 0.1) is 11.3 Å². The second kappa shape index (κ2) is 4.55. The van der Waals surface area contributed by atoms with Crippen molar-refractivity contribution in [1.82, 2.24) is 4.98 Å². The van der Waals surface area contributed by atoms with Gasteiger partial charge in [-0.15, -0.1) is 0 Å². The first-order valence-corrected chi connectivity index (χ1v) is 6.84. The Morgan fingerprint density at radius 2 is 2.16 bits per heavy atom. The van der Waals surface area contributed by atoms with Crippen LogP contribution in [-0.2, 0) is 0 Å². The summed E-state index contributed by atoms with van der Waals surface area (Å²) in [4.78, 5) is 4.64. The molecule has 0 atom stereocenters. The molecule has 3 rings (SSSR count). The van der Waals surface area contributed by atoms with Crippen LogP contribution >= 0.6 is 0 Å². The molecule has 96 valence electrons. The van der Waals surface area contributed by atoms with Gasteiger partial charge in [0.15, 0.2) is 0 Å². The maximum absolute atomic E-state index is 9.28. The van der Waals surface area contributed by atoms with E-state index in [0.717, 1.165) is 23.1 Å². The molecule has 1 N–H and O–H groups in total. The highest BCUT2D eigenvalue weighted by Gasteiger charge is 2.35. The molecule has 0 amide bonds. The van der Waals surface area contributed by atoms with Crippen molar-refractivity contribution in [3.63, 3.8) is 0 Å². The zero-order chi connectivity index (χ0) is 13.3. The highest BCUT2D eigenvalue weighted by Crippen LogP contribution is 2.38. The van der Waals surface area contributed by atoms with Gasteiger partial charge in [0.2, 0.25) is 0 Å². The van der Waals surface area contributed by atoms with Crippen LogP contribution in [0.4, 0.5) is 5.82 Å². The monoisotopic (exact) mass is 251 g/mol. The molecule has 0 bridgehead atoms. The van der Waals surface area contributed by atoms with E-state index >= 15 is 0 Å². The van der Waals surface area contributed by atoms with E-state index in [9.17, 15) is 5.26 Å². The van der Waals surface area contributed by atoms with E-state index in [1.165, 1.54) is 19.3 Å². The van der Waals surface area contributed by atoms with E-state index in [1.54, 1.807) is 0 Å². The summed E-state index contributed by atoms with van der Waals surface area (Å²) in [6.07, 6.45) is 4.77. The molecular weight excluding hydrogens is 234 g/mol. The van der Waals surface area contributed by atoms with Crippen molar-refractivity contribution in [2.75, 3.05) is 5.32 Å². The Morgan fingerprint density at radius 3 is 2.79 bits per heavy atom. The van der Waals surface area contributed by atoms with Crippen LogP contribution in [0.2, 0.25) is 0 Å². The lowest BCUT2D eigenvalue weighted by Gasteiger charge is -2.42. The molecular formula is C16H17N3. The highest BCUT2D eigenvalue weighted by atomic mass is 15.1. The Morgan fingerprint density at radius 1 is 1.37 bits per heavy atom. The zero-order valence-electron chi connectivity index (χ0n) is 11.1. The van der Waals surface area contributed by atoms with Gasteiger partial charge in [-0.25, -0.2) is 4.98 Å². The summed E-state index contributed by atoms with van der Waals surface area (Å²) >= 11 is 0. The van der Waals surface area contributed by atoms with Gasteiger partial charge in [-0.2, -0.15) is 5.26 Å². The van der Waals surface area contributed by atoms with Crippen molar-refractivity contribution in [1.29, 1.82) is 5.26 Å². The van der Waals surface area contributed by atoms with Gasteiger partial charge < -0.3 is 5.32 Å². The van der Waals surface area contributed by atoms with E-state index in [1.807, 2.05) is 30.3 Å². The maximum atomic E-state index is 9.28. The molecule has 1 fully saturated rings. The van der Waals surface area contributed by atoms with E-state index in [2.05, 4.69) is 23.3 Å². The van der Waals surface area contributed by atoms with Crippen LogP contribution in [0.25, 0.3) is 10.9 Å². The summed E-state index contributed by atoms with van der Waals surface area (Å²) < 4.78 is 0. The van der Waals surface area contributed by atoms with Gasteiger partial charge in [-0.3, -0.25) is 0 Å². The van der Waals surface area contributed by atoms with Crippen LogP contribution in [0.15, 0.2) is 30.3 Å². The summed E-state index contributed by atoms with van der Waals surface area (Å²) in [5, 5.41) is 13.8.